The molecule has 0 saturated carbocycles. The van der Waals surface area contributed by atoms with Crippen molar-refractivity contribution < 1.29 is 9.50 Å². The summed E-state index contributed by atoms with van der Waals surface area (Å²) in [6, 6.07) is 6.57. The number of rotatable bonds is 1. The van der Waals surface area contributed by atoms with Crippen LogP contribution in [-0.2, 0) is 5.60 Å². The number of piperidine rings is 1. The Balaban J connectivity index is 1.92. The fraction of sp³-hybridized carbons (Fsp3) is 0.571. The van der Waals surface area contributed by atoms with Crippen molar-refractivity contribution in [1.29, 1.82) is 0 Å². The first-order valence-corrected chi connectivity index (χ1v) is 6.43. The van der Waals surface area contributed by atoms with Gasteiger partial charge < -0.3 is 5.11 Å². The molecule has 2 aliphatic heterocycles. The van der Waals surface area contributed by atoms with Gasteiger partial charge in [-0.3, -0.25) is 4.90 Å². The first kappa shape index (κ1) is 11.2. The van der Waals surface area contributed by atoms with Gasteiger partial charge in [-0.2, -0.15) is 0 Å². The summed E-state index contributed by atoms with van der Waals surface area (Å²) in [6.45, 7) is 2.05. The van der Waals surface area contributed by atoms with Gasteiger partial charge in [-0.05, 0) is 43.5 Å². The van der Waals surface area contributed by atoms with E-state index in [1.54, 1.807) is 12.1 Å². The summed E-state index contributed by atoms with van der Waals surface area (Å²) in [4.78, 5) is 2.38. The lowest BCUT2D eigenvalue weighted by Gasteiger charge is -2.37. The third-order valence-electron chi connectivity index (χ3n) is 4.29. The normalized spacial score (nSPS) is 33.6. The highest BCUT2D eigenvalue weighted by atomic mass is 19.1. The maximum Gasteiger partial charge on any atom is 0.123 e. The van der Waals surface area contributed by atoms with Gasteiger partial charge >= 0.3 is 0 Å². The van der Waals surface area contributed by atoms with Crippen molar-refractivity contribution in [2.24, 2.45) is 0 Å². The molecule has 0 aromatic heterocycles. The fourth-order valence-electron chi connectivity index (χ4n) is 3.36. The number of aliphatic hydroxyl groups is 1. The first-order chi connectivity index (χ1) is 8.20. The summed E-state index contributed by atoms with van der Waals surface area (Å²) in [5.41, 5.74) is 0.0991. The van der Waals surface area contributed by atoms with E-state index < -0.39 is 5.60 Å². The fourth-order valence-corrected chi connectivity index (χ4v) is 3.36. The third kappa shape index (κ3) is 1.78. The zero-order valence-corrected chi connectivity index (χ0v) is 9.90. The Morgan fingerprint density at radius 3 is 2.71 bits per heavy atom. The van der Waals surface area contributed by atoms with Gasteiger partial charge in [0, 0.05) is 12.6 Å². The molecule has 1 N–H and O–H groups in total. The van der Waals surface area contributed by atoms with Crippen molar-refractivity contribution in [1.82, 2.24) is 4.90 Å². The van der Waals surface area contributed by atoms with Crippen LogP contribution in [0.1, 0.15) is 31.2 Å². The second kappa shape index (κ2) is 4.07. The van der Waals surface area contributed by atoms with Crippen LogP contribution >= 0.6 is 0 Å². The second-order valence-corrected chi connectivity index (χ2v) is 5.23. The number of benzene rings is 1. The summed E-state index contributed by atoms with van der Waals surface area (Å²) in [5, 5.41) is 10.9. The molecule has 1 aromatic rings. The second-order valence-electron chi connectivity index (χ2n) is 5.23. The van der Waals surface area contributed by atoms with Crippen molar-refractivity contribution in [3.63, 3.8) is 0 Å². The maximum absolute atomic E-state index is 12.9. The highest BCUT2D eigenvalue weighted by Gasteiger charge is 2.47. The Hall–Kier alpha value is -0.930. The SMILES string of the molecule is OC1(c2ccc(F)cc2)CCN2CCCCC21. The minimum Gasteiger partial charge on any atom is -0.383 e. The number of hydrogen-bond acceptors (Lipinski definition) is 2. The average molecular weight is 235 g/mol. The largest absolute Gasteiger partial charge is 0.383 e. The van der Waals surface area contributed by atoms with Gasteiger partial charge in [-0.1, -0.05) is 18.6 Å². The lowest BCUT2D eigenvalue weighted by molar-refractivity contribution is -0.0138. The average Bonchev–Trinajstić information content (AvgIpc) is 2.70. The lowest BCUT2D eigenvalue weighted by atomic mass is 9.83. The van der Waals surface area contributed by atoms with Crippen molar-refractivity contribution in [3.8, 4) is 0 Å². The zero-order valence-electron chi connectivity index (χ0n) is 9.90. The number of fused-ring (bicyclic) bond motifs is 1. The Bertz CT molecular complexity index is 405. The van der Waals surface area contributed by atoms with Crippen molar-refractivity contribution in [2.75, 3.05) is 13.1 Å². The van der Waals surface area contributed by atoms with Gasteiger partial charge in [0.05, 0.1) is 0 Å². The molecule has 0 radical (unpaired) electrons. The summed E-state index contributed by atoms with van der Waals surface area (Å²) >= 11 is 0. The monoisotopic (exact) mass is 235 g/mol. The van der Waals surface area contributed by atoms with Crippen molar-refractivity contribution >= 4 is 0 Å². The molecular weight excluding hydrogens is 217 g/mol. The molecule has 0 aliphatic carbocycles. The molecule has 0 bridgehead atoms. The van der Waals surface area contributed by atoms with Crippen LogP contribution in [0, 0.1) is 5.82 Å². The smallest absolute Gasteiger partial charge is 0.123 e. The van der Waals surface area contributed by atoms with E-state index in [9.17, 15) is 9.50 Å². The van der Waals surface area contributed by atoms with Gasteiger partial charge in [0.25, 0.3) is 0 Å². The maximum atomic E-state index is 12.9. The highest BCUT2D eigenvalue weighted by Crippen LogP contribution is 2.41. The standard InChI is InChI=1S/C14H18FNO/c15-12-6-4-11(5-7-12)14(17)8-10-16-9-2-1-3-13(14)16/h4-7,13,17H,1-3,8-10H2. The van der Waals surface area contributed by atoms with E-state index in [1.807, 2.05) is 0 Å². The molecule has 0 amide bonds. The molecule has 2 heterocycles. The van der Waals surface area contributed by atoms with Gasteiger partial charge in [-0.25, -0.2) is 4.39 Å². The van der Waals surface area contributed by atoms with Gasteiger partial charge in [0.15, 0.2) is 0 Å². The molecule has 92 valence electrons. The molecule has 2 saturated heterocycles. The Kier molecular flexibility index (Phi) is 2.68. The predicted molar refractivity (Wildman–Crippen MR) is 64.1 cm³/mol. The molecule has 2 unspecified atom stereocenters. The Labute approximate surface area is 101 Å². The third-order valence-corrected chi connectivity index (χ3v) is 4.29. The van der Waals surface area contributed by atoms with Crippen LogP contribution in [0.4, 0.5) is 4.39 Å². The number of hydrogen-bond donors (Lipinski definition) is 1. The van der Waals surface area contributed by atoms with Crippen LogP contribution < -0.4 is 0 Å². The molecule has 2 nitrogen and oxygen atoms in total. The van der Waals surface area contributed by atoms with Crippen LogP contribution in [0.2, 0.25) is 0 Å². The molecule has 3 heteroatoms. The summed E-state index contributed by atoms with van der Waals surface area (Å²) in [7, 11) is 0. The number of halogens is 1. The van der Waals surface area contributed by atoms with Gasteiger partial charge in [0.2, 0.25) is 0 Å². The minimum absolute atomic E-state index is 0.224. The molecule has 0 spiro atoms. The Morgan fingerprint density at radius 2 is 1.94 bits per heavy atom. The molecular formula is C14H18FNO. The molecule has 17 heavy (non-hydrogen) atoms. The van der Waals surface area contributed by atoms with E-state index in [0.717, 1.165) is 31.5 Å². The van der Waals surface area contributed by atoms with E-state index in [4.69, 9.17) is 0 Å². The minimum atomic E-state index is -0.770. The van der Waals surface area contributed by atoms with Crippen LogP contribution in [-0.4, -0.2) is 29.1 Å². The lowest BCUT2D eigenvalue weighted by Crippen LogP contribution is -2.45. The van der Waals surface area contributed by atoms with Gasteiger partial charge in [0.1, 0.15) is 11.4 Å². The van der Waals surface area contributed by atoms with Crippen LogP contribution in [0.5, 0.6) is 0 Å². The van der Waals surface area contributed by atoms with Gasteiger partial charge in [-0.15, -0.1) is 0 Å². The predicted octanol–water partition coefficient (Wildman–Crippen LogP) is 2.27. The molecule has 3 rings (SSSR count). The van der Waals surface area contributed by atoms with E-state index in [2.05, 4.69) is 4.90 Å². The summed E-state index contributed by atoms with van der Waals surface area (Å²) in [6.07, 6.45) is 4.23. The summed E-state index contributed by atoms with van der Waals surface area (Å²) in [5.74, 6) is -0.240. The zero-order chi connectivity index (χ0) is 11.9. The van der Waals surface area contributed by atoms with E-state index in [0.29, 0.717) is 0 Å². The quantitative estimate of drug-likeness (QED) is 0.807. The molecule has 2 aliphatic rings. The molecule has 2 fully saturated rings. The Morgan fingerprint density at radius 1 is 1.18 bits per heavy atom. The van der Waals surface area contributed by atoms with Crippen molar-refractivity contribution in [2.45, 2.75) is 37.3 Å². The highest BCUT2D eigenvalue weighted by molar-refractivity contribution is 5.27. The van der Waals surface area contributed by atoms with Crippen molar-refractivity contribution in [3.05, 3.63) is 35.6 Å². The summed E-state index contributed by atoms with van der Waals surface area (Å²) < 4.78 is 12.9. The van der Waals surface area contributed by atoms with Crippen LogP contribution in [0.3, 0.4) is 0 Å². The van der Waals surface area contributed by atoms with Crippen LogP contribution in [0.15, 0.2) is 24.3 Å². The van der Waals surface area contributed by atoms with Crippen LogP contribution in [0.25, 0.3) is 0 Å². The van der Waals surface area contributed by atoms with E-state index >= 15 is 0 Å². The molecule has 1 aromatic carbocycles. The molecule has 2 atom stereocenters. The van der Waals surface area contributed by atoms with E-state index in [-0.39, 0.29) is 11.9 Å². The topological polar surface area (TPSA) is 23.5 Å². The first-order valence-electron chi connectivity index (χ1n) is 6.43. The van der Waals surface area contributed by atoms with E-state index in [1.165, 1.54) is 25.0 Å². The number of nitrogens with zero attached hydrogens (tertiary/aromatic N) is 1.